The molecule has 4 heteroatoms. The standard InChI is InChI=1S/C17H21NO3/c19-15(20)13-8-4-9-14(13)18-16(21)17(10-5-11-17)12-6-2-1-3-7-12/h1-3,6-7,13-14H,4-5,8-11H2,(H,18,21)(H,19,20). The Morgan fingerprint density at radius 2 is 1.81 bits per heavy atom. The van der Waals surface area contributed by atoms with Crippen LogP contribution in [0.4, 0.5) is 0 Å². The predicted molar refractivity (Wildman–Crippen MR) is 78.9 cm³/mol. The van der Waals surface area contributed by atoms with Crippen LogP contribution < -0.4 is 5.32 Å². The third-order valence-electron chi connectivity index (χ3n) is 5.12. The first-order valence-corrected chi connectivity index (χ1v) is 7.73. The van der Waals surface area contributed by atoms with Crippen molar-refractivity contribution in [3.8, 4) is 0 Å². The summed E-state index contributed by atoms with van der Waals surface area (Å²) in [4.78, 5) is 24.0. The Morgan fingerprint density at radius 1 is 1.10 bits per heavy atom. The molecular formula is C17H21NO3. The number of nitrogens with one attached hydrogen (secondary N) is 1. The van der Waals surface area contributed by atoms with Crippen molar-refractivity contribution < 1.29 is 14.7 Å². The van der Waals surface area contributed by atoms with Crippen LogP contribution in [0.2, 0.25) is 0 Å². The molecule has 2 aliphatic rings. The summed E-state index contributed by atoms with van der Waals surface area (Å²) in [6.45, 7) is 0. The van der Waals surface area contributed by atoms with Gasteiger partial charge in [0.05, 0.1) is 11.3 Å². The van der Waals surface area contributed by atoms with E-state index in [4.69, 9.17) is 0 Å². The van der Waals surface area contributed by atoms with Crippen molar-refractivity contribution in [1.82, 2.24) is 5.32 Å². The lowest BCUT2D eigenvalue weighted by atomic mass is 9.63. The lowest BCUT2D eigenvalue weighted by Gasteiger charge is -2.41. The number of hydrogen-bond donors (Lipinski definition) is 2. The SMILES string of the molecule is O=C(O)C1CCCC1NC(=O)C1(c2ccccc2)CCC1. The second-order valence-electron chi connectivity index (χ2n) is 6.26. The van der Waals surface area contributed by atoms with E-state index in [0.29, 0.717) is 6.42 Å². The number of amides is 1. The minimum absolute atomic E-state index is 0.0121. The first-order valence-electron chi connectivity index (χ1n) is 7.73. The molecule has 2 saturated carbocycles. The van der Waals surface area contributed by atoms with Crippen LogP contribution in [0.1, 0.15) is 44.1 Å². The fourth-order valence-electron chi connectivity index (χ4n) is 3.67. The largest absolute Gasteiger partial charge is 0.481 e. The smallest absolute Gasteiger partial charge is 0.308 e. The van der Waals surface area contributed by atoms with Crippen molar-refractivity contribution in [2.45, 2.75) is 50.0 Å². The van der Waals surface area contributed by atoms with Gasteiger partial charge in [0.2, 0.25) is 5.91 Å². The highest BCUT2D eigenvalue weighted by Crippen LogP contribution is 2.44. The van der Waals surface area contributed by atoms with Crippen molar-refractivity contribution >= 4 is 11.9 Å². The van der Waals surface area contributed by atoms with Crippen molar-refractivity contribution in [1.29, 1.82) is 0 Å². The maximum absolute atomic E-state index is 12.8. The maximum Gasteiger partial charge on any atom is 0.308 e. The highest BCUT2D eigenvalue weighted by molar-refractivity contribution is 5.90. The van der Waals surface area contributed by atoms with E-state index >= 15 is 0 Å². The second-order valence-corrected chi connectivity index (χ2v) is 6.26. The lowest BCUT2D eigenvalue weighted by Crippen LogP contribution is -2.53. The number of carboxylic acids is 1. The van der Waals surface area contributed by atoms with E-state index in [2.05, 4.69) is 5.32 Å². The molecule has 4 nitrogen and oxygen atoms in total. The van der Waals surface area contributed by atoms with Crippen LogP contribution in [0.15, 0.2) is 30.3 Å². The molecule has 0 aliphatic heterocycles. The first kappa shape index (κ1) is 14.1. The Morgan fingerprint density at radius 3 is 2.38 bits per heavy atom. The van der Waals surface area contributed by atoms with Crippen molar-refractivity contribution in [2.24, 2.45) is 5.92 Å². The van der Waals surface area contributed by atoms with E-state index in [0.717, 1.165) is 37.7 Å². The number of benzene rings is 1. The van der Waals surface area contributed by atoms with Gasteiger partial charge in [-0.15, -0.1) is 0 Å². The fraction of sp³-hybridized carbons (Fsp3) is 0.529. The molecule has 1 aromatic carbocycles. The van der Waals surface area contributed by atoms with Gasteiger partial charge >= 0.3 is 5.97 Å². The average Bonchev–Trinajstić information content (AvgIpc) is 2.87. The van der Waals surface area contributed by atoms with Crippen molar-refractivity contribution in [2.75, 3.05) is 0 Å². The molecule has 2 atom stereocenters. The van der Waals surface area contributed by atoms with E-state index in [1.165, 1.54) is 0 Å². The maximum atomic E-state index is 12.8. The fourth-order valence-corrected chi connectivity index (χ4v) is 3.67. The Balaban J connectivity index is 1.76. The van der Waals surface area contributed by atoms with Crippen LogP contribution in [0.25, 0.3) is 0 Å². The summed E-state index contributed by atoms with van der Waals surface area (Å²) in [7, 11) is 0. The highest BCUT2D eigenvalue weighted by Gasteiger charge is 2.47. The number of hydrogen-bond acceptors (Lipinski definition) is 2. The zero-order chi connectivity index (χ0) is 14.9. The molecule has 0 radical (unpaired) electrons. The van der Waals surface area contributed by atoms with E-state index in [1.807, 2.05) is 30.3 Å². The molecule has 0 bridgehead atoms. The average molecular weight is 287 g/mol. The molecule has 112 valence electrons. The van der Waals surface area contributed by atoms with E-state index in [1.54, 1.807) is 0 Å². The summed E-state index contributed by atoms with van der Waals surface area (Å²) in [6, 6.07) is 9.66. The molecule has 2 fully saturated rings. The van der Waals surface area contributed by atoms with Gasteiger partial charge in [0.15, 0.2) is 0 Å². The number of carboxylic acid groups (broad SMARTS) is 1. The van der Waals surface area contributed by atoms with Gasteiger partial charge < -0.3 is 10.4 Å². The Kier molecular flexibility index (Phi) is 3.70. The van der Waals surface area contributed by atoms with E-state index in [-0.39, 0.29) is 11.9 Å². The molecule has 2 unspecified atom stereocenters. The van der Waals surface area contributed by atoms with Gasteiger partial charge in [-0.2, -0.15) is 0 Å². The molecule has 0 heterocycles. The lowest BCUT2D eigenvalue weighted by molar-refractivity contribution is -0.142. The zero-order valence-electron chi connectivity index (χ0n) is 12.0. The Bertz CT molecular complexity index is 536. The first-order chi connectivity index (χ1) is 10.1. The molecular weight excluding hydrogens is 266 g/mol. The summed E-state index contributed by atoms with van der Waals surface area (Å²) in [5.41, 5.74) is 0.617. The Labute approximate surface area is 124 Å². The number of carbonyl (C=O) groups excluding carboxylic acids is 1. The van der Waals surface area contributed by atoms with E-state index < -0.39 is 17.3 Å². The monoisotopic (exact) mass is 287 g/mol. The van der Waals surface area contributed by atoms with Crippen molar-refractivity contribution in [3.63, 3.8) is 0 Å². The second kappa shape index (κ2) is 5.51. The minimum Gasteiger partial charge on any atom is -0.481 e. The molecule has 2 aliphatic carbocycles. The molecule has 2 N–H and O–H groups in total. The summed E-state index contributed by atoms with van der Waals surface area (Å²) in [5, 5.41) is 12.3. The predicted octanol–water partition coefficient (Wildman–Crippen LogP) is 2.48. The van der Waals surface area contributed by atoms with Crippen LogP contribution in [0.3, 0.4) is 0 Å². The van der Waals surface area contributed by atoms with Gasteiger partial charge in [0, 0.05) is 6.04 Å². The zero-order valence-corrected chi connectivity index (χ0v) is 12.0. The van der Waals surface area contributed by atoms with Crippen LogP contribution in [-0.2, 0) is 15.0 Å². The summed E-state index contributed by atoms with van der Waals surface area (Å²) in [6.07, 6.45) is 5.07. The molecule has 0 aromatic heterocycles. The van der Waals surface area contributed by atoms with Gasteiger partial charge in [-0.3, -0.25) is 9.59 Å². The molecule has 21 heavy (non-hydrogen) atoms. The normalized spacial score (nSPS) is 26.9. The third-order valence-corrected chi connectivity index (χ3v) is 5.12. The van der Waals surface area contributed by atoms with Gasteiger partial charge in [0.1, 0.15) is 0 Å². The molecule has 0 spiro atoms. The highest BCUT2D eigenvalue weighted by atomic mass is 16.4. The van der Waals surface area contributed by atoms with Crippen LogP contribution in [0.5, 0.6) is 0 Å². The summed E-state index contributed by atoms with van der Waals surface area (Å²) >= 11 is 0. The number of rotatable bonds is 4. The van der Waals surface area contributed by atoms with Crippen LogP contribution >= 0.6 is 0 Å². The summed E-state index contributed by atoms with van der Waals surface area (Å²) < 4.78 is 0. The van der Waals surface area contributed by atoms with Gasteiger partial charge in [-0.05, 0) is 31.2 Å². The Hall–Kier alpha value is -1.84. The van der Waals surface area contributed by atoms with Crippen molar-refractivity contribution in [3.05, 3.63) is 35.9 Å². The van der Waals surface area contributed by atoms with Gasteiger partial charge in [-0.25, -0.2) is 0 Å². The van der Waals surface area contributed by atoms with Gasteiger partial charge in [0.25, 0.3) is 0 Å². The van der Waals surface area contributed by atoms with Crippen LogP contribution in [-0.4, -0.2) is 23.0 Å². The topological polar surface area (TPSA) is 66.4 Å². The van der Waals surface area contributed by atoms with E-state index in [9.17, 15) is 14.7 Å². The minimum atomic E-state index is -0.792. The van der Waals surface area contributed by atoms with Gasteiger partial charge in [-0.1, -0.05) is 43.2 Å². The third kappa shape index (κ3) is 2.43. The molecule has 3 rings (SSSR count). The number of carbonyl (C=O) groups is 2. The molecule has 1 amide bonds. The quantitative estimate of drug-likeness (QED) is 0.894. The summed E-state index contributed by atoms with van der Waals surface area (Å²) in [5.74, 6) is -1.21. The molecule has 1 aromatic rings. The van der Waals surface area contributed by atoms with Crippen LogP contribution in [0, 0.1) is 5.92 Å². The molecule has 0 saturated heterocycles. The number of aliphatic carboxylic acids is 1.